The Bertz CT molecular complexity index is 411. The number of Topliss-reactive ketones (excluding diaryl/α,β-unsaturated/α-hetero) is 1. The fraction of sp³-hybridized carbons (Fsp3) is 0.533. The predicted molar refractivity (Wildman–Crippen MR) is 73.6 cm³/mol. The second kappa shape index (κ2) is 5.72. The number of benzene rings is 1. The minimum Gasteiger partial charge on any atom is -0.299 e. The Labute approximate surface area is 108 Å². The van der Waals surface area contributed by atoms with Crippen LogP contribution >= 0.6 is 11.8 Å². The summed E-state index contributed by atoms with van der Waals surface area (Å²) in [5.74, 6) is 1.92. The van der Waals surface area contributed by atoms with Crippen molar-refractivity contribution in [3.8, 4) is 0 Å². The van der Waals surface area contributed by atoms with E-state index >= 15 is 0 Å². The lowest BCUT2D eigenvalue weighted by molar-refractivity contribution is -0.120. The summed E-state index contributed by atoms with van der Waals surface area (Å²) in [5.41, 5.74) is 2.66. The molecule has 1 unspecified atom stereocenters. The molecule has 1 aromatic carbocycles. The molecule has 1 aliphatic carbocycles. The molecule has 2 rings (SSSR count). The second-order valence-corrected chi connectivity index (χ2v) is 6.10. The van der Waals surface area contributed by atoms with Gasteiger partial charge in [0.1, 0.15) is 5.78 Å². The zero-order chi connectivity index (χ0) is 12.3. The van der Waals surface area contributed by atoms with Crippen LogP contribution in [0.25, 0.3) is 0 Å². The quantitative estimate of drug-likeness (QED) is 0.744. The maximum atomic E-state index is 11.5. The monoisotopic (exact) mass is 248 g/mol. The molecule has 0 saturated heterocycles. The SMILES string of the molecule is Cc1ccc(C)c(SCCC2CCCC2=O)c1. The van der Waals surface area contributed by atoms with Gasteiger partial charge in [-0.1, -0.05) is 17.7 Å². The molecule has 92 valence electrons. The zero-order valence-electron chi connectivity index (χ0n) is 10.7. The summed E-state index contributed by atoms with van der Waals surface area (Å²) in [4.78, 5) is 12.9. The number of rotatable bonds is 4. The van der Waals surface area contributed by atoms with E-state index < -0.39 is 0 Å². The summed E-state index contributed by atoms with van der Waals surface area (Å²) in [7, 11) is 0. The highest BCUT2D eigenvalue weighted by Gasteiger charge is 2.23. The van der Waals surface area contributed by atoms with Crippen molar-refractivity contribution < 1.29 is 4.79 Å². The van der Waals surface area contributed by atoms with Gasteiger partial charge in [0.25, 0.3) is 0 Å². The molecule has 0 aliphatic heterocycles. The number of thioether (sulfide) groups is 1. The summed E-state index contributed by atoms with van der Waals surface area (Å²) < 4.78 is 0. The van der Waals surface area contributed by atoms with Gasteiger partial charge in [-0.3, -0.25) is 4.79 Å². The standard InChI is InChI=1S/C15H20OS/c1-11-6-7-12(2)15(10-11)17-9-8-13-4-3-5-14(13)16/h6-7,10,13H,3-5,8-9H2,1-2H3. The largest absolute Gasteiger partial charge is 0.299 e. The number of hydrogen-bond acceptors (Lipinski definition) is 2. The van der Waals surface area contributed by atoms with E-state index in [-0.39, 0.29) is 0 Å². The number of carbonyl (C=O) groups is 1. The molecule has 0 radical (unpaired) electrons. The molecule has 0 N–H and O–H groups in total. The topological polar surface area (TPSA) is 17.1 Å². The Balaban J connectivity index is 1.85. The van der Waals surface area contributed by atoms with Gasteiger partial charge in [-0.05, 0) is 50.5 Å². The van der Waals surface area contributed by atoms with Gasteiger partial charge in [-0.2, -0.15) is 0 Å². The Hall–Kier alpha value is -0.760. The van der Waals surface area contributed by atoms with Gasteiger partial charge in [0.2, 0.25) is 0 Å². The van der Waals surface area contributed by atoms with Gasteiger partial charge < -0.3 is 0 Å². The van der Waals surface area contributed by atoms with Crippen LogP contribution in [0.3, 0.4) is 0 Å². The van der Waals surface area contributed by atoms with Crippen LogP contribution in [-0.4, -0.2) is 11.5 Å². The third kappa shape index (κ3) is 3.35. The van der Waals surface area contributed by atoms with Crippen molar-refractivity contribution in [2.45, 2.75) is 44.4 Å². The molecule has 0 aromatic heterocycles. The van der Waals surface area contributed by atoms with Crippen molar-refractivity contribution in [2.75, 3.05) is 5.75 Å². The molecule has 17 heavy (non-hydrogen) atoms. The third-order valence-corrected chi connectivity index (χ3v) is 4.69. The third-order valence-electron chi connectivity index (χ3n) is 3.50. The van der Waals surface area contributed by atoms with Crippen LogP contribution in [-0.2, 0) is 4.79 Å². The van der Waals surface area contributed by atoms with Crippen molar-refractivity contribution in [3.05, 3.63) is 29.3 Å². The number of carbonyl (C=O) groups excluding carboxylic acids is 1. The van der Waals surface area contributed by atoms with Gasteiger partial charge in [0.05, 0.1) is 0 Å². The van der Waals surface area contributed by atoms with Crippen LogP contribution in [0.4, 0.5) is 0 Å². The summed E-state index contributed by atoms with van der Waals surface area (Å²) >= 11 is 1.90. The molecular formula is C15H20OS. The fourth-order valence-corrected chi connectivity index (χ4v) is 3.55. The Morgan fingerprint density at radius 1 is 1.35 bits per heavy atom. The van der Waals surface area contributed by atoms with Crippen LogP contribution in [0.15, 0.2) is 23.1 Å². The molecule has 0 amide bonds. The fourth-order valence-electron chi connectivity index (χ4n) is 2.37. The van der Waals surface area contributed by atoms with Crippen molar-refractivity contribution in [2.24, 2.45) is 5.92 Å². The minimum absolute atomic E-state index is 0.354. The molecule has 0 heterocycles. The van der Waals surface area contributed by atoms with Gasteiger partial charge in [0, 0.05) is 17.2 Å². The van der Waals surface area contributed by atoms with E-state index in [2.05, 4.69) is 32.0 Å². The molecule has 1 aromatic rings. The molecule has 1 nitrogen and oxygen atoms in total. The second-order valence-electron chi connectivity index (χ2n) is 4.96. The van der Waals surface area contributed by atoms with E-state index in [0.29, 0.717) is 11.7 Å². The van der Waals surface area contributed by atoms with E-state index in [9.17, 15) is 4.79 Å². The van der Waals surface area contributed by atoms with Crippen LogP contribution < -0.4 is 0 Å². The van der Waals surface area contributed by atoms with E-state index in [0.717, 1.165) is 31.4 Å². The van der Waals surface area contributed by atoms with Crippen molar-refractivity contribution in [1.29, 1.82) is 0 Å². The Morgan fingerprint density at radius 2 is 2.18 bits per heavy atom. The summed E-state index contributed by atoms with van der Waals surface area (Å²) in [6, 6.07) is 6.58. The molecular weight excluding hydrogens is 228 g/mol. The number of aryl methyl sites for hydroxylation is 2. The van der Waals surface area contributed by atoms with Crippen LogP contribution in [0, 0.1) is 19.8 Å². The lowest BCUT2D eigenvalue weighted by atomic mass is 10.1. The first-order valence-corrected chi connectivity index (χ1v) is 7.38. The summed E-state index contributed by atoms with van der Waals surface area (Å²) in [6.07, 6.45) is 4.10. The van der Waals surface area contributed by atoms with E-state index in [1.165, 1.54) is 16.0 Å². The molecule has 2 heteroatoms. The van der Waals surface area contributed by atoms with Crippen molar-refractivity contribution >= 4 is 17.5 Å². The maximum absolute atomic E-state index is 11.5. The average Bonchev–Trinajstić information content (AvgIpc) is 2.70. The Morgan fingerprint density at radius 3 is 2.88 bits per heavy atom. The summed E-state index contributed by atoms with van der Waals surface area (Å²) in [5, 5.41) is 0. The molecule has 1 fully saturated rings. The van der Waals surface area contributed by atoms with Gasteiger partial charge in [-0.25, -0.2) is 0 Å². The van der Waals surface area contributed by atoms with Gasteiger partial charge in [-0.15, -0.1) is 11.8 Å². The highest BCUT2D eigenvalue weighted by molar-refractivity contribution is 7.99. The molecule has 1 saturated carbocycles. The predicted octanol–water partition coefficient (Wildman–Crippen LogP) is 4.15. The molecule has 1 atom stereocenters. The summed E-state index contributed by atoms with van der Waals surface area (Å²) in [6.45, 7) is 4.28. The number of hydrogen-bond donors (Lipinski definition) is 0. The normalized spacial score (nSPS) is 19.9. The highest BCUT2D eigenvalue weighted by Crippen LogP contribution is 2.29. The highest BCUT2D eigenvalue weighted by atomic mass is 32.2. The molecule has 0 spiro atoms. The lowest BCUT2D eigenvalue weighted by Gasteiger charge is -2.09. The van der Waals surface area contributed by atoms with Crippen LogP contribution in [0.2, 0.25) is 0 Å². The van der Waals surface area contributed by atoms with Gasteiger partial charge in [0.15, 0.2) is 0 Å². The first kappa shape index (κ1) is 12.7. The number of ketones is 1. The Kier molecular flexibility index (Phi) is 4.27. The first-order chi connectivity index (χ1) is 8.16. The average molecular weight is 248 g/mol. The van der Waals surface area contributed by atoms with Gasteiger partial charge >= 0.3 is 0 Å². The van der Waals surface area contributed by atoms with E-state index in [1.807, 2.05) is 11.8 Å². The van der Waals surface area contributed by atoms with Crippen LogP contribution in [0.5, 0.6) is 0 Å². The minimum atomic E-state index is 0.354. The van der Waals surface area contributed by atoms with Crippen molar-refractivity contribution in [3.63, 3.8) is 0 Å². The smallest absolute Gasteiger partial charge is 0.136 e. The van der Waals surface area contributed by atoms with E-state index in [1.54, 1.807) is 0 Å². The zero-order valence-corrected chi connectivity index (χ0v) is 11.5. The van der Waals surface area contributed by atoms with E-state index in [4.69, 9.17) is 0 Å². The molecule has 1 aliphatic rings. The lowest BCUT2D eigenvalue weighted by Crippen LogP contribution is -2.06. The molecule has 0 bridgehead atoms. The first-order valence-electron chi connectivity index (χ1n) is 6.39. The van der Waals surface area contributed by atoms with Crippen LogP contribution in [0.1, 0.15) is 36.8 Å². The van der Waals surface area contributed by atoms with Crippen molar-refractivity contribution in [1.82, 2.24) is 0 Å². The maximum Gasteiger partial charge on any atom is 0.136 e.